The molecule has 0 saturated heterocycles. The lowest BCUT2D eigenvalue weighted by Gasteiger charge is -2.04. The topological polar surface area (TPSA) is 37.4 Å². The Morgan fingerprint density at radius 2 is 2.14 bits per heavy atom. The van der Waals surface area contributed by atoms with E-state index in [1.165, 1.54) is 19.2 Å². The van der Waals surface area contributed by atoms with E-state index in [0.29, 0.717) is 4.47 Å². The number of halogens is 2. The van der Waals surface area contributed by atoms with Crippen molar-refractivity contribution >= 4 is 26.0 Å². The van der Waals surface area contributed by atoms with E-state index in [1.54, 1.807) is 0 Å². The Bertz CT molecular complexity index is 500. The molecule has 2 rings (SSSR count). The number of benzene rings is 1. The second-order valence-electron chi connectivity index (χ2n) is 3.10. The molecule has 3 nitrogen and oxygen atoms in total. The molecule has 0 N–H and O–H groups in total. The third-order valence-electron chi connectivity index (χ3n) is 2.22. The van der Waals surface area contributed by atoms with Crippen LogP contribution in [0.25, 0.3) is 0 Å². The number of sulfonamides is 1. The lowest BCUT2D eigenvalue weighted by molar-refractivity contribution is 0.480. The summed E-state index contributed by atoms with van der Waals surface area (Å²) in [6.07, 6.45) is 0. The predicted molar refractivity (Wildman–Crippen MR) is 52.8 cm³/mol. The monoisotopic (exact) mass is 279 g/mol. The molecule has 0 spiro atoms. The highest BCUT2D eigenvalue weighted by atomic mass is 79.9. The van der Waals surface area contributed by atoms with E-state index in [0.717, 1.165) is 4.31 Å². The Morgan fingerprint density at radius 3 is 2.79 bits per heavy atom. The second kappa shape index (κ2) is 3.01. The fourth-order valence-electron chi connectivity index (χ4n) is 1.44. The molecule has 6 heteroatoms. The molecule has 0 atom stereocenters. The van der Waals surface area contributed by atoms with Gasteiger partial charge in [-0.05, 0) is 28.1 Å². The van der Waals surface area contributed by atoms with E-state index in [1.807, 2.05) is 0 Å². The molecule has 0 fully saturated rings. The Morgan fingerprint density at radius 1 is 1.50 bits per heavy atom. The van der Waals surface area contributed by atoms with E-state index in [2.05, 4.69) is 15.9 Å². The lowest BCUT2D eigenvalue weighted by Crippen LogP contribution is -2.18. The smallest absolute Gasteiger partial charge is 0.207 e. The number of hydrogen-bond acceptors (Lipinski definition) is 2. The fraction of sp³-hybridized carbons (Fsp3) is 0.250. The van der Waals surface area contributed by atoms with E-state index in [9.17, 15) is 12.8 Å². The first-order chi connectivity index (χ1) is 6.44. The first-order valence-electron chi connectivity index (χ1n) is 3.88. The summed E-state index contributed by atoms with van der Waals surface area (Å²) >= 11 is 3.02. The van der Waals surface area contributed by atoms with Gasteiger partial charge in [0.05, 0.1) is 9.37 Å². The van der Waals surface area contributed by atoms with Gasteiger partial charge in [0.2, 0.25) is 10.0 Å². The molecule has 0 unspecified atom stereocenters. The number of fused-ring (bicyclic) bond motifs is 1. The molecule has 14 heavy (non-hydrogen) atoms. The molecule has 1 aliphatic heterocycles. The molecule has 76 valence electrons. The van der Waals surface area contributed by atoms with Crippen LogP contribution in [-0.2, 0) is 16.6 Å². The van der Waals surface area contributed by atoms with Gasteiger partial charge in [0.15, 0.2) is 0 Å². The van der Waals surface area contributed by atoms with E-state index < -0.39 is 15.8 Å². The van der Waals surface area contributed by atoms with Gasteiger partial charge in [-0.2, -0.15) is 4.31 Å². The minimum absolute atomic E-state index is 0.0701. The number of hydrogen-bond donors (Lipinski definition) is 0. The standard InChI is InChI=1S/C8H7BrFNO2S/c1-11-4-5-7(14(11,12)13)3-2-6(9)8(5)10/h2-3H,4H2,1H3. The molecular weight excluding hydrogens is 273 g/mol. The summed E-state index contributed by atoms with van der Waals surface area (Å²) in [6, 6.07) is 2.83. The molecule has 1 aromatic carbocycles. The Labute approximate surface area is 89.7 Å². The molecule has 1 aliphatic rings. The number of nitrogens with zero attached hydrogens (tertiary/aromatic N) is 1. The van der Waals surface area contributed by atoms with Gasteiger partial charge in [-0.1, -0.05) is 0 Å². The van der Waals surface area contributed by atoms with Gasteiger partial charge in [0.1, 0.15) is 5.82 Å². The quantitative estimate of drug-likeness (QED) is 0.725. The van der Waals surface area contributed by atoms with Crippen molar-refractivity contribution in [3.8, 4) is 0 Å². The molecular formula is C8H7BrFNO2S. The van der Waals surface area contributed by atoms with Crippen LogP contribution in [0.15, 0.2) is 21.5 Å². The third-order valence-corrected chi connectivity index (χ3v) is 4.72. The summed E-state index contributed by atoms with van der Waals surface area (Å²) < 4.78 is 38.1. The van der Waals surface area contributed by atoms with Gasteiger partial charge >= 0.3 is 0 Å². The van der Waals surface area contributed by atoms with Crippen LogP contribution in [0.1, 0.15) is 5.56 Å². The zero-order valence-corrected chi connectivity index (χ0v) is 9.69. The first-order valence-corrected chi connectivity index (χ1v) is 6.11. The zero-order chi connectivity index (χ0) is 10.5. The van der Waals surface area contributed by atoms with Crippen molar-refractivity contribution in [1.82, 2.24) is 4.31 Å². The highest BCUT2D eigenvalue weighted by Gasteiger charge is 2.34. The van der Waals surface area contributed by atoms with Crippen molar-refractivity contribution in [3.05, 3.63) is 28.0 Å². The molecule has 0 aliphatic carbocycles. The molecule has 0 bridgehead atoms. The minimum atomic E-state index is -3.45. The van der Waals surface area contributed by atoms with Crippen LogP contribution in [0.2, 0.25) is 0 Å². The summed E-state index contributed by atoms with van der Waals surface area (Å²) in [7, 11) is -2.02. The van der Waals surface area contributed by atoms with Crippen molar-refractivity contribution in [2.75, 3.05) is 7.05 Å². The average molecular weight is 280 g/mol. The summed E-state index contributed by atoms with van der Waals surface area (Å²) in [5.74, 6) is -0.490. The molecule has 0 saturated carbocycles. The van der Waals surface area contributed by atoms with E-state index in [4.69, 9.17) is 0 Å². The van der Waals surface area contributed by atoms with Crippen LogP contribution in [0.4, 0.5) is 4.39 Å². The highest BCUT2D eigenvalue weighted by Crippen LogP contribution is 2.33. The Hall–Kier alpha value is -0.460. The van der Waals surface area contributed by atoms with Crippen LogP contribution >= 0.6 is 15.9 Å². The van der Waals surface area contributed by atoms with Gasteiger partial charge in [-0.25, -0.2) is 12.8 Å². The lowest BCUT2D eigenvalue weighted by atomic mass is 10.2. The average Bonchev–Trinajstić information content (AvgIpc) is 2.33. The highest BCUT2D eigenvalue weighted by molar-refractivity contribution is 9.10. The predicted octanol–water partition coefficient (Wildman–Crippen LogP) is 1.72. The maximum absolute atomic E-state index is 13.5. The van der Waals surface area contributed by atoms with Crippen LogP contribution in [0.5, 0.6) is 0 Å². The minimum Gasteiger partial charge on any atom is -0.207 e. The maximum atomic E-state index is 13.5. The van der Waals surface area contributed by atoms with Crippen LogP contribution < -0.4 is 0 Å². The van der Waals surface area contributed by atoms with Gasteiger partial charge in [0.25, 0.3) is 0 Å². The van der Waals surface area contributed by atoms with Crippen molar-refractivity contribution in [3.63, 3.8) is 0 Å². The van der Waals surface area contributed by atoms with Gasteiger partial charge in [-0.15, -0.1) is 0 Å². The van der Waals surface area contributed by atoms with Crippen LogP contribution in [-0.4, -0.2) is 19.8 Å². The van der Waals surface area contributed by atoms with Gasteiger partial charge in [0, 0.05) is 19.2 Å². The molecule has 0 amide bonds. The summed E-state index contributed by atoms with van der Waals surface area (Å²) in [5, 5.41) is 0. The van der Waals surface area contributed by atoms with Crippen molar-refractivity contribution in [2.45, 2.75) is 11.4 Å². The number of rotatable bonds is 0. The molecule has 0 aromatic heterocycles. The first kappa shape index (κ1) is 10.1. The molecule has 0 radical (unpaired) electrons. The van der Waals surface area contributed by atoms with E-state index in [-0.39, 0.29) is 17.0 Å². The molecule has 1 aromatic rings. The maximum Gasteiger partial charge on any atom is 0.243 e. The second-order valence-corrected chi connectivity index (χ2v) is 5.97. The summed E-state index contributed by atoms with van der Waals surface area (Å²) in [5.41, 5.74) is 0.238. The van der Waals surface area contributed by atoms with Crippen molar-refractivity contribution in [2.24, 2.45) is 0 Å². The zero-order valence-electron chi connectivity index (χ0n) is 7.29. The van der Waals surface area contributed by atoms with Crippen LogP contribution in [0, 0.1) is 5.82 Å². The van der Waals surface area contributed by atoms with E-state index >= 15 is 0 Å². The summed E-state index contributed by atoms with van der Waals surface area (Å²) in [6.45, 7) is 0.100. The fourth-order valence-corrected chi connectivity index (χ4v) is 3.15. The third kappa shape index (κ3) is 1.21. The van der Waals surface area contributed by atoms with Crippen LogP contribution in [0.3, 0.4) is 0 Å². The summed E-state index contributed by atoms with van der Waals surface area (Å²) in [4.78, 5) is 0.0701. The van der Waals surface area contributed by atoms with Gasteiger partial charge < -0.3 is 0 Å². The normalized spacial score (nSPS) is 19.6. The largest absolute Gasteiger partial charge is 0.243 e. The van der Waals surface area contributed by atoms with Crippen molar-refractivity contribution < 1.29 is 12.8 Å². The van der Waals surface area contributed by atoms with Gasteiger partial charge in [-0.3, -0.25) is 0 Å². The Balaban J connectivity index is 2.77. The van der Waals surface area contributed by atoms with Crippen molar-refractivity contribution in [1.29, 1.82) is 0 Å². The SMILES string of the molecule is CN1Cc2c(ccc(Br)c2F)S1(=O)=O. The molecule has 1 heterocycles. The Kier molecular flexibility index (Phi) is 2.17.